The van der Waals surface area contributed by atoms with Gasteiger partial charge in [0.05, 0.1) is 20.0 Å². The second-order valence-corrected chi connectivity index (χ2v) is 6.45. The zero-order chi connectivity index (χ0) is 19.2. The molecule has 1 amide bonds. The fourth-order valence-corrected chi connectivity index (χ4v) is 3.05. The van der Waals surface area contributed by atoms with E-state index in [-0.39, 0.29) is 11.7 Å². The van der Waals surface area contributed by atoms with Gasteiger partial charge in [0.1, 0.15) is 0 Å². The van der Waals surface area contributed by atoms with Crippen molar-refractivity contribution in [3.63, 3.8) is 0 Å². The van der Waals surface area contributed by atoms with E-state index < -0.39 is 0 Å². The summed E-state index contributed by atoms with van der Waals surface area (Å²) in [6.07, 6.45) is 0. The minimum absolute atomic E-state index is 0.0583. The topological polar surface area (TPSA) is 77.7 Å². The highest BCUT2D eigenvalue weighted by Gasteiger charge is 2.16. The summed E-state index contributed by atoms with van der Waals surface area (Å²) in [6, 6.07) is 14.8. The quantitative estimate of drug-likeness (QED) is 0.576. The number of thioether (sulfide) groups is 1. The first-order valence-corrected chi connectivity index (χ1v) is 9.11. The van der Waals surface area contributed by atoms with E-state index in [1.165, 1.54) is 11.8 Å². The minimum Gasteiger partial charge on any atom is -0.493 e. The number of carbonyl (C=O) groups is 1. The molecule has 0 N–H and O–H groups in total. The second kappa shape index (κ2) is 8.59. The molecule has 0 saturated carbocycles. The van der Waals surface area contributed by atoms with Gasteiger partial charge in [-0.3, -0.25) is 4.79 Å². The Bertz CT molecular complexity index is 914. The van der Waals surface area contributed by atoms with Gasteiger partial charge in [0.25, 0.3) is 5.22 Å². The van der Waals surface area contributed by atoms with E-state index in [0.717, 1.165) is 5.69 Å². The average molecular weight is 385 g/mol. The second-order valence-electron chi connectivity index (χ2n) is 5.52. The summed E-state index contributed by atoms with van der Waals surface area (Å²) in [4.78, 5) is 13.9. The molecule has 1 heterocycles. The van der Waals surface area contributed by atoms with Crippen molar-refractivity contribution in [2.75, 3.05) is 31.9 Å². The van der Waals surface area contributed by atoms with Crippen LogP contribution in [0.2, 0.25) is 0 Å². The van der Waals surface area contributed by atoms with Crippen molar-refractivity contribution in [1.29, 1.82) is 0 Å². The molecular weight excluding hydrogens is 366 g/mol. The monoisotopic (exact) mass is 385 g/mol. The number of nitrogens with zero attached hydrogens (tertiary/aromatic N) is 3. The van der Waals surface area contributed by atoms with Gasteiger partial charge in [0.15, 0.2) is 11.5 Å². The van der Waals surface area contributed by atoms with E-state index in [1.54, 1.807) is 44.4 Å². The molecule has 27 heavy (non-hydrogen) atoms. The van der Waals surface area contributed by atoms with Crippen LogP contribution >= 0.6 is 11.8 Å². The predicted octanol–water partition coefficient (Wildman–Crippen LogP) is 3.51. The molecule has 0 spiro atoms. The summed E-state index contributed by atoms with van der Waals surface area (Å²) < 4.78 is 16.2. The number of aromatic nitrogens is 2. The number of hydrogen-bond donors (Lipinski definition) is 0. The van der Waals surface area contributed by atoms with Crippen molar-refractivity contribution < 1.29 is 18.7 Å². The molecule has 0 radical (unpaired) electrons. The number of ether oxygens (including phenoxy) is 2. The van der Waals surface area contributed by atoms with Crippen LogP contribution in [0.4, 0.5) is 5.69 Å². The van der Waals surface area contributed by atoms with Crippen LogP contribution in [0.5, 0.6) is 11.5 Å². The van der Waals surface area contributed by atoms with E-state index in [1.807, 2.05) is 30.3 Å². The summed E-state index contributed by atoms with van der Waals surface area (Å²) in [5.41, 5.74) is 1.54. The zero-order valence-corrected chi connectivity index (χ0v) is 16.0. The molecule has 7 nitrogen and oxygen atoms in total. The Balaban J connectivity index is 1.65. The fraction of sp³-hybridized carbons (Fsp3) is 0.211. The predicted molar refractivity (Wildman–Crippen MR) is 103 cm³/mol. The molecule has 0 saturated heterocycles. The normalized spacial score (nSPS) is 10.5. The first-order valence-electron chi connectivity index (χ1n) is 8.12. The highest BCUT2D eigenvalue weighted by Crippen LogP contribution is 2.32. The van der Waals surface area contributed by atoms with Crippen molar-refractivity contribution >= 4 is 23.4 Å². The number of rotatable bonds is 7. The third-order valence-electron chi connectivity index (χ3n) is 3.87. The number of amides is 1. The van der Waals surface area contributed by atoms with Gasteiger partial charge in [-0.25, -0.2) is 0 Å². The number of methoxy groups -OCH3 is 2. The summed E-state index contributed by atoms with van der Waals surface area (Å²) in [5, 5.41) is 8.37. The van der Waals surface area contributed by atoms with Crippen LogP contribution in [-0.2, 0) is 4.79 Å². The third-order valence-corrected chi connectivity index (χ3v) is 4.68. The van der Waals surface area contributed by atoms with Gasteiger partial charge >= 0.3 is 0 Å². The molecule has 1 aromatic heterocycles. The van der Waals surface area contributed by atoms with E-state index in [0.29, 0.717) is 28.2 Å². The smallest absolute Gasteiger partial charge is 0.277 e. The molecule has 0 aliphatic heterocycles. The van der Waals surface area contributed by atoms with Crippen LogP contribution in [0.1, 0.15) is 0 Å². The molecule has 0 unspecified atom stereocenters. The van der Waals surface area contributed by atoms with Crippen molar-refractivity contribution in [3.8, 4) is 23.0 Å². The summed E-state index contributed by atoms with van der Waals surface area (Å²) in [6.45, 7) is 0. The van der Waals surface area contributed by atoms with E-state index in [4.69, 9.17) is 13.9 Å². The van der Waals surface area contributed by atoms with Crippen LogP contribution in [-0.4, -0.2) is 43.1 Å². The number of benzene rings is 2. The van der Waals surface area contributed by atoms with Gasteiger partial charge in [-0.2, -0.15) is 0 Å². The summed E-state index contributed by atoms with van der Waals surface area (Å²) in [7, 11) is 4.87. The molecule has 2 aromatic carbocycles. The van der Waals surface area contributed by atoms with Gasteiger partial charge in [0.2, 0.25) is 11.8 Å². The van der Waals surface area contributed by atoms with Crippen molar-refractivity contribution in [2.24, 2.45) is 0 Å². The molecule has 3 aromatic rings. The van der Waals surface area contributed by atoms with E-state index >= 15 is 0 Å². The standard InChI is InChI=1S/C19H19N3O4S/c1-22(14-7-5-4-6-8-14)17(23)12-27-19-21-20-18(26-19)13-9-10-15(24-2)16(11-13)25-3/h4-11H,12H2,1-3H3. The molecule has 0 fully saturated rings. The van der Waals surface area contributed by atoms with Crippen LogP contribution in [0, 0.1) is 0 Å². The Hall–Kier alpha value is -3.00. The van der Waals surface area contributed by atoms with Gasteiger partial charge in [0, 0.05) is 18.3 Å². The Morgan fingerprint density at radius 3 is 2.52 bits per heavy atom. The molecule has 8 heteroatoms. The minimum atomic E-state index is -0.0583. The van der Waals surface area contributed by atoms with Gasteiger partial charge in [-0.05, 0) is 30.3 Å². The van der Waals surface area contributed by atoms with Crippen LogP contribution in [0.15, 0.2) is 58.2 Å². The number of anilines is 1. The largest absolute Gasteiger partial charge is 0.493 e. The van der Waals surface area contributed by atoms with Crippen LogP contribution in [0.3, 0.4) is 0 Å². The maximum absolute atomic E-state index is 12.3. The van der Waals surface area contributed by atoms with Crippen LogP contribution in [0.25, 0.3) is 11.5 Å². The fourth-order valence-electron chi connectivity index (χ4n) is 2.37. The highest BCUT2D eigenvalue weighted by atomic mass is 32.2. The SMILES string of the molecule is COc1ccc(-c2nnc(SCC(=O)N(C)c3ccccc3)o2)cc1OC. The van der Waals surface area contributed by atoms with E-state index in [9.17, 15) is 4.79 Å². The molecule has 0 bridgehead atoms. The van der Waals surface area contributed by atoms with E-state index in [2.05, 4.69) is 10.2 Å². The Kier molecular flexibility index (Phi) is 5.97. The number of hydrogen-bond acceptors (Lipinski definition) is 7. The highest BCUT2D eigenvalue weighted by molar-refractivity contribution is 7.99. The molecule has 0 aliphatic carbocycles. The molecule has 140 valence electrons. The lowest BCUT2D eigenvalue weighted by Gasteiger charge is -2.16. The van der Waals surface area contributed by atoms with Crippen LogP contribution < -0.4 is 14.4 Å². The molecule has 0 atom stereocenters. The van der Waals surface area contributed by atoms with Crippen molar-refractivity contribution in [3.05, 3.63) is 48.5 Å². The van der Waals surface area contributed by atoms with Gasteiger partial charge in [-0.1, -0.05) is 30.0 Å². The van der Waals surface area contributed by atoms with Gasteiger partial charge in [-0.15, -0.1) is 10.2 Å². The molecule has 0 aliphatic rings. The molecular formula is C19H19N3O4S. The van der Waals surface area contributed by atoms with Crippen molar-refractivity contribution in [1.82, 2.24) is 10.2 Å². The maximum Gasteiger partial charge on any atom is 0.277 e. The third kappa shape index (κ3) is 4.40. The maximum atomic E-state index is 12.3. The zero-order valence-electron chi connectivity index (χ0n) is 15.2. The lowest BCUT2D eigenvalue weighted by molar-refractivity contribution is -0.115. The first kappa shape index (κ1) is 18.8. The average Bonchev–Trinajstić information content (AvgIpc) is 3.20. The first-order chi connectivity index (χ1) is 13.1. The Morgan fingerprint density at radius 1 is 1.07 bits per heavy atom. The number of para-hydroxylation sites is 1. The number of carbonyl (C=O) groups excluding carboxylic acids is 1. The summed E-state index contributed by atoms with van der Waals surface area (Å²) in [5.74, 6) is 1.67. The Labute approximate surface area is 161 Å². The lowest BCUT2D eigenvalue weighted by atomic mass is 10.2. The van der Waals surface area contributed by atoms with Gasteiger partial charge < -0.3 is 18.8 Å². The lowest BCUT2D eigenvalue weighted by Crippen LogP contribution is -2.27. The molecule has 3 rings (SSSR count). The van der Waals surface area contributed by atoms with Crippen molar-refractivity contribution in [2.45, 2.75) is 5.22 Å². The summed E-state index contributed by atoms with van der Waals surface area (Å²) >= 11 is 1.20. The Morgan fingerprint density at radius 2 is 1.81 bits per heavy atom.